The molecule has 106 valence electrons. The molecule has 0 spiro atoms. The van der Waals surface area contributed by atoms with E-state index in [0.29, 0.717) is 10.9 Å². The van der Waals surface area contributed by atoms with E-state index in [9.17, 15) is 8.78 Å². The molecule has 0 aliphatic heterocycles. The zero-order valence-electron chi connectivity index (χ0n) is 10.9. The lowest BCUT2D eigenvalue weighted by atomic mass is 10.1. The van der Waals surface area contributed by atoms with Gasteiger partial charge in [0.15, 0.2) is 23.1 Å². The molecule has 2 aromatic carbocycles. The minimum Gasteiger partial charge on any atom is -0.451 e. The average Bonchev–Trinajstić information content (AvgIpc) is 2.34. The van der Waals surface area contributed by atoms with Crippen molar-refractivity contribution in [1.29, 1.82) is 0 Å². The summed E-state index contributed by atoms with van der Waals surface area (Å²) < 4.78 is 33.4. The number of halogens is 3. The fourth-order valence-electron chi connectivity index (χ4n) is 1.80. The number of nitrogens with two attached hydrogens (primary N) is 1. The standard InChI is InChI=1S/C15H14BrF2NO/c1-9(19)6-10-2-4-14(12(17)7-10)20-15-5-3-11(16)8-13(15)18/h2-5,7-9H,6,19H2,1H3. The second-order valence-corrected chi connectivity index (χ2v) is 5.54. The van der Waals surface area contributed by atoms with Crippen LogP contribution in [0.4, 0.5) is 8.78 Å². The van der Waals surface area contributed by atoms with Crippen LogP contribution >= 0.6 is 15.9 Å². The lowest BCUT2D eigenvalue weighted by Crippen LogP contribution is -2.17. The molecule has 2 nitrogen and oxygen atoms in total. The maximum atomic E-state index is 13.9. The molecule has 0 aromatic heterocycles. The van der Waals surface area contributed by atoms with E-state index >= 15 is 0 Å². The minimum absolute atomic E-state index is 0.0142. The van der Waals surface area contributed by atoms with Crippen molar-refractivity contribution in [3.8, 4) is 11.5 Å². The molecule has 0 saturated heterocycles. The van der Waals surface area contributed by atoms with Gasteiger partial charge in [-0.3, -0.25) is 0 Å². The van der Waals surface area contributed by atoms with Gasteiger partial charge >= 0.3 is 0 Å². The van der Waals surface area contributed by atoms with E-state index < -0.39 is 11.6 Å². The van der Waals surface area contributed by atoms with E-state index in [-0.39, 0.29) is 17.5 Å². The first-order valence-electron chi connectivity index (χ1n) is 6.12. The summed E-state index contributed by atoms with van der Waals surface area (Å²) in [6.45, 7) is 1.85. The van der Waals surface area contributed by atoms with Crippen LogP contribution in [0.25, 0.3) is 0 Å². The van der Waals surface area contributed by atoms with Crippen LogP contribution in [-0.2, 0) is 6.42 Å². The molecule has 0 aliphatic rings. The van der Waals surface area contributed by atoms with E-state index in [0.717, 1.165) is 5.56 Å². The second-order valence-electron chi connectivity index (χ2n) is 4.62. The molecule has 2 rings (SSSR count). The first-order valence-corrected chi connectivity index (χ1v) is 6.92. The van der Waals surface area contributed by atoms with Gasteiger partial charge in [0.2, 0.25) is 0 Å². The zero-order chi connectivity index (χ0) is 14.7. The second kappa shape index (κ2) is 6.33. The third kappa shape index (κ3) is 3.77. The predicted octanol–water partition coefficient (Wildman–Crippen LogP) is 4.41. The summed E-state index contributed by atoms with van der Waals surface area (Å²) in [5.41, 5.74) is 6.44. The van der Waals surface area contributed by atoms with Gasteiger partial charge < -0.3 is 10.5 Å². The Kier molecular flexibility index (Phi) is 4.73. The van der Waals surface area contributed by atoms with Gasteiger partial charge in [-0.05, 0) is 49.2 Å². The van der Waals surface area contributed by atoms with Gasteiger partial charge in [0.05, 0.1) is 0 Å². The van der Waals surface area contributed by atoms with Crippen LogP contribution in [0.3, 0.4) is 0 Å². The Bertz CT molecular complexity index is 617. The van der Waals surface area contributed by atoms with Crippen molar-refractivity contribution >= 4 is 15.9 Å². The number of rotatable bonds is 4. The third-order valence-corrected chi connectivity index (χ3v) is 3.16. The molecular formula is C15H14BrF2NO. The van der Waals surface area contributed by atoms with Crippen LogP contribution < -0.4 is 10.5 Å². The zero-order valence-corrected chi connectivity index (χ0v) is 12.5. The van der Waals surface area contributed by atoms with E-state index in [2.05, 4.69) is 15.9 Å². The Labute approximate surface area is 124 Å². The molecule has 0 bridgehead atoms. The summed E-state index contributed by atoms with van der Waals surface area (Å²) in [6.07, 6.45) is 0.573. The van der Waals surface area contributed by atoms with Gasteiger partial charge in [-0.15, -0.1) is 0 Å². The van der Waals surface area contributed by atoms with Gasteiger partial charge in [0.25, 0.3) is 0 Å². The highest BCUT2D eigenvalue weighted by Gasteiger charge is 2.10. The van der Waals surface area contributed by atoms with Crippen LogP contribution in [0, 0.1) is 11.6 Å². The molecule has 0 saturated carbocycles. The van der Waals surface area contributed by atoms with Gasteiger partial charge in [0.1, 0.15) is 0 Å². The summed E-state index contributed by atoms with van der Waals surface area (Å²) in [5, 5.41) is 0. The SMILES string of the molecule is CC(N)Cc1ccc(Oc2ccc(Br)cc2F)c(F)c1. The lowest BCUT2D eigenvalue weighted by molar-refractivity contribution is 0.414. The Balaban J connectivity index is 2.21. The highest BCUT2D eigenvalue weighted by molar-refractivity contribution is 9.10. The van der Waals surface area contributed by atoms with Gasteiger partial charge in [-0.25, -0.2) is 8.78 Å². The topological polar surface area (TPSA) is 35.2 Å². The molecule has 20 heavy (non-hydrogen) atoms. The maximum Gasteiger partial charge on any atom is 0.166 e. The maximum absolute atomic E-state index is 13.9. The molecule has 2 N–H and O–H groups in total. The average molecular weight is 342 g/mol. The molecule has 0 amide bonds. The smallest absolute Gasteiger partial charge is 0.166 e. The number of hydrogen-bond acceptors (Lipinski definition) is 2. The molecule has 0 heterocycles. The highest BCUT2D eigenvalue weighted by atomic mass is 79.9. The largest absolute Gasteiger partial charge is 0.451 e. The van der Waals surface area contributed by atoms with Crippen molar-refractivity contribution in [3.05, 3.63) is 58.1 Å². The van der Waals surface area contributed by atoms with Crippen molar-refractivity contribution in [1.82, 2.24) is 0 Å². The molecule has 0 radical (unpaired) electrons. The van der Waals surface area contributed by atoms with Crippen LogP contribution in [0.5, 0.6) is 11.5 Å². The summed E-state index contributed by atoms with van der Waals surface area (Å²) in [6, 6.07) is 8.83. The highest BCUT2D eigenvalue weighted by Crippen LogP contribution is 2.29. The van der Waals surface area contributed by atoms with Crippen molar-refractivity contribution in [2.75, 3.05) is 0 Å². The third-order valence-electron chi connectivity index (χ3n) is 2.67. The van der Waals surface area contributed by atoms with Crippen LogP contribution in [0.2, 0.25) is 0 Å². The Morgan fingerprint density at radius 2 is 1.70 bits per heavy atom. The molecule has 2 aromatic rings. The van der Waals surface area contributed by atoms with E-state index in [1.165, 1.54) is 24.3 Å². The fourth-order valence-corrected chi connectivity index (χ4v) is 2.14. The van der Waals surface area contributed by atoms with E-state index in [1.54, 1.807) is 12.1 Å². The van der Waals surface area contributed by atoms with E-state index in [4.69, 9.17) is 10.5 Å². The Morgan fingerprint density at radius 3 is 2.25 bits per heavy atom. The number of ether oxygens (including phenoxy) is 1. The summed E-state index contributed by atoms with van der Waals surface area (Å²) in [4.78, 5) is 0. The lowest BCUT2D eigenvalue weighted by Gasteiger charge is -2.10. The van der Waals surface area contributed by atoms with Crippen LogP contribution in [0.1, 0.15) is 12.5 Å². The van der Waals surface area contributed by atoms with Crippen molar-refractivity contribution in [2.45, 2.75) is 19.4 Å². The van der Waals surface area contributed by atoms with Crippen molar-refractivity contribution in [2.24, 2.45) is 5.73 Å². The molecule has 0 aliphatic carbocycles. The minimum atomic E-state index is -0.557. The van der Waals surface area contributed by atoms with Crippen LogP contribution in [0.15, 0.2) is 40.9 Å². The molecule has 1 unspecified atom stereocenters. The van der Waals surface area contributed by atoms with Crippen molar-refractivity contribution in [3.63, 3.8) is 0 Å². The van der Waals surface area contributed by atoms with Gasteiger partial charge in [0, 0.05) is 10.5 Å². The van der Waals surface area contributed by atoms with Gasteiger partial charge in [-0.2, -0.15) is 0 Å². The van der Waals surface area contributed by atoms with Crippen molar-refractivity contribution < 1.29 is 13.5 Å². The molecule has 0 fully saturated rings. The quantitative estimate of drug-likeness (QED) is 0.893. The normalized spacial score (nSPS) is 12.2. The summed E-state index contributed by atoms with van der Waals surface area (Å²) >= 11 is 3.15. The predicted molar refractivity (Wildman–Crippen MR) is 77.9 cm³/mol. The Hall–Kier alpha value is -1.46. The molecular weight excluding hydrogens is 328 g/mol. The summed E-state index contributed by atoms with van der Waals surface area (Å²) in [7, 11) is 0. The first-order chi connectivity index (χ1) is 9.45. The summed E-state index contributed by atoms with van der Waals surface area (Å²) in [5.74, 6) is -1.13. The van der Waals surface area contributed by atoms with E-state index in [1.807, 2.05) is 6.92 Å². The molecule has 5 heteroatoms. The number of benzene rings is 2. The Morgan fingerprint density at radius 1 is 1.10 bits per heavy atom. The number of hydrogen-bond donors (Lipinski definition) is 1. The first kappa shape index (κ1) is 14.9. The molecule has 1 atom stereocenters. The fraction of sp³-hybridized carbons (Fsp3) is 0.200. The monoisotopic (exact) mass is 341 g/mol. The van der Waals surface area contributed by atoms with Crippen LogP contribution in [-0.4, -0.2) is 6.04 Å². The van der Waals surface area contributed by atoms with Gasteiger partial charge in [-0.1, -0.05) is 22.0 Å².